The summed E-state index contributed by atoms with van der Waals surface area (Å²) >= 11 is 0. The summed E-state index contributed by atoms with van der Waals surface area (Å²) in [6.07, 6.45) is 2.24. The Balaban J connectivity index is 2.24. The highest BCUT2D eigenvalue weighted by Crippen LogP contribution is 2.16. The van der Waals surface area contributed by atoms with Crippen molar-refractivity contribution in [2.24, 2.45) is 11.7 Å². The van der Waals surface area contributed by atoms with Gasteiger partial charge in [0.1, 0.15) is 0 Å². The SMILES string of the molecule is CC[C@@H](N)C1CCOC1. The van der Waals surface area contributed by atoms with E-state index in [-0.39, 0.29) is 0 Å². The normalized spacial score (nSPS) is 30.7. The van der Waals surface area contributed by atoms with Gasteiger partial charge in [-0.25, -0.2) is 0 Å². The van der Waals surface area contributed by atoms with Gasteiger partial charge < -0.3 is 10.5 Å². The molecule has 2 heteroatoms. The average Bonchev–Trinajstić information content (AvgIpc) is 2.37. The quantitative estimate of drug-likeness (QED) is 0.597. The third kappa shape index (κ3) is 1.66. The van der Waals surface area contributed by atoms with Gasteiger partial charge >= 0.3 is 0 Å². The van der Waals surface area contributed by atoms with Crippen molar-refractivity contribution < 1.29 is 4.74 Å². The van der Waals surface area contributed by atoms with Gasteiger partial charge in [-0.05, 0) is 18.8 Å². The number of ether oxygens (including phenoxy) is 1. The number of nitrogens with two attached hydrogens (primary N) is 1. The fourth-order valence-electron chi connectivity index (χ4n) is 1.22. The molecule has 1 unspecified atom stereocenters. The van der Waals surface area contributed by atoms with E-state index < -0.39 is 0 Å². The second kappa shape index (κ2) is 3.18. The predicted octanol–water partition coefficient (Wildman–Crippen LogP) is 0.760. The van der Waals surface area contributed by atoms with Crippen molar-refractivity contribution in [3.05, 3.63) is 0 Å². The molecule has 0 spiro atoms. The smallest absolute Gasteiger partial charge is 0.0509 e. The highest BCUT2D eigenvalue weighted by Gasteiger charge is 2.20. The van der Waals surface area contributed by atoms with E-state index in [1.807, 2.05) is 0 Å². The van der Waals surface area contributed by atoms with Gasteiger partial charge in [-0.3, -0.25) is 0 Å². The molecule has 1 aliphatic heterocycles. The van der Waals surface area contributed by atoms with Crippen molar-refractivity contribution in [3.63, 3.8) is 0 Å². The molecule has 1 heterocycles. The minimum absolute atomic E-state index is 0.368. The van der Waals surface area contributed by atoms with Crippen LogP contribution in [0.2, 0.25) is 0 Å². The fourth-order valence-corrected chi connectivity index (χ4v) is 1.22. The molecule has 2 N–H and O–H groups in total. The monoisotopic (exact) mass is 129 g/mol. The number of hydrogen-bond acceptors (Lipinski definition) is 2. The highest BCUT2D eigenvalue weighted by atomic mass is 16.5. The Kier molecular flexibility index (Phi) is 2.49. The van der Waals surface area contributed by atoms with E-state index >= 15 is 0 Å². The molecule has 1 fully saturated rings. The molecule has 1 saturated heterocycles. The van der Waals surface area contributed by atoms with E-state index in [1.54, 1.807) is 0 Å². The predicted molar refractivity (Wildman–Crippen MR) is 37.2 cm³/mol. The molecule has 0 bridgehead atoms. The van der Waals surface area contributed by atoms with Gasteiger partial charge in [-0.2, -0.15) is 0 Å². The zero-order valence-corrected chi connectivity index (χ0v) is 5.97. The molecule has 0 aliphatic carbocycles. The van der Waals surface area contributed by atoms with E-state index in [2.05, 4.69) is 6.92 Å². The Hall–Kier alpha value is -0.0800. The van der Waals surface area contributed by atoms with Gasteiger partial charge in [0.05, 0.1) is 6.61 Å². The van der Waals surface area contributed by atoms with Crippen LogP contribution in [0.5, 0.6) is 0 Å². The topological polar surface area (TPSA) is 35.2 Å². The van der Waals surface area contributed by atoms with Crippen LogP contribution < -0.4 is 5.73 Å². The highest BCUT2D eigenvalue weighted by molar-refractivity contribution is 4.74. The average molecular weight is 129 g/mol. The summed E-state index contributed by atoms with van der Waals surface area (Å²) in [4.78, 5) is 0. The standard InChI is InChI=1S/C7H15NO/c1-2-7(8)6-3-4-9-5-6/h6-7H,2-5,8H2,1H3/t6?,7-/m1/s1. The molecular formula is C7H15NO. The molecule has 0 aromatic carbocycles. The summed E-state index contributed by atoms with van der Waals surface area (Å²) in [5.41, 5.74) is 5.80. The van der Waals surface area contributed by atoms with Crippen LogP contribution in [0, 0.1) is 5.92 Å². The van der Waals surface area contributed by atoms with Gasteiger partial charge in [-0.1, -0.05) is 6.92 Å². The Labute approximate surface area is 56.4 Å². The molecule has 2 atom stereocenters. The van der Waals surface area contributed by atoms with Gasteiger partial charge in [0.25, 0.3) is 0 Å². The zero-order valence-electron chi connectivity index (χ0n) is 5.97. The van der Waals surface area contributed by atoms with Crippen LogP contribution in [0.1, 0.15) is 19.8 Å². The molecule has 0 amide bonds. The first-order valence-electron chi connectivity index (χ1n) is 3.68. The largest absolute Gasteiger partial charge is 0.381 e. The van der Waals surface area contributed by atoms with E-state index in [4.69, 9.17) is 10.5 Å². The summed E-state index contributed by atoms with van der Waals surface area (Å²) in [5, 5.41) is 0. The Morgan fingerprint density at radius 3 is 3.00 bits per heavy atom. The lowest BCUT2D eigenvalue weighted by atomic mass is 9.98. The first kappa shape index (κ1) is 7.03. The summed E-state index contributed by atoms with van der Waals surface area (Å²) in [7, 11) is 0. The first-order valence-corrected chi connectivity index (χ1v) is 3.68. The van der Waals surface area contributed by atoms with Crippen molar-refractivity contribution in [2.45, 2.75) is 25.8 Å². The van der Waals surface area contributed by atoms with E-state index in [0.29, 0.717) is 12.0 Å². The lowest BCUT2D eigenvalue weighted by Crippen LogP contribution is -2.29. The van der Waals surface area contributed by atoms with Gasteiger partial charge in [0, 0.05) is 12.6 Å². The summed E-state index contributed by atoms with van der Waals surface area (Å²) < 4.78 is 5.20. The summed E-state index contributed by atoms with van der Waals surface area (Å²) in [6.45, 7) is 3.93. The lowest BCUT2D eigenvalue weighted by Gasteiger charge is -2.14. The maximum Gasteiger partial charge on any atom is 0.0509 e. The van der Waals surface area contributed by atoms with Crippen LogP contribution in [0.3, 0.4) is 0 Å². The van der Waals surface area contributed by atoms with Crippen LogP contribution in [-0.2, 0) is 4.74 Å². The molecular weight excluding hydrogens is 114 g/mol. The van der Waals surface area contributed by atoms with Crippen molar-refractivity contribution in [2.75, 3.05) is 13.2 Å². The first-order chi connectivity index (χ1) is 4.34. The molecule has 1 rings (SSSR count). The number of hydrogen-bond donors (Lipinski definition) is 1. The molecule has 2 nitrogen and oxygen atoms in total. The summed E-state index contributed by atoms with van der Waals surface area (Å²) in [5.74, 6) is 0.634. The fraction of sp³-hybridized carbons (Fsp3) is 1.00. The van der Waals surface area contributed by atoms with Gasteiger partial charge in [0.2, 0.25) is 0 Å². The zero-order chi connectivity index (χ0) is 6.69. The molecule has 0 aromatic rings. The van der Waals surface area contributed by atoms with Crippen molar-refractivity contribution in [1.82, 2.24) is 0 Å². The van der Waals surface area contributed by atoms with Crippen LogP contribution in [-0.4, -0.2) is 19.3 Å². The third-order valence-electron chi connectivity index (χ3n) is 2.04. The third-order valence-corrected chi connectivity index (χ3v) is 2.04. The van der Waals surface area contributed by atoms with Crippen molar-refractivity contribution >= 4 is 0 Å². The molecule has 0 radical (unpaired) electrons. The van der Waals surface area contributed by atoms with Crippen molar-refractivity contribution in [3.8, 4) is 0 Å². The second-order valence-corrected chi connectivity index (χ2v) is 2.70. The summed E-state index contributed by atoms with van der Waals surface area (Å²) in [6, 6.07) is 0.368. The van der Waals surface area contributed by atoms with Gasteiger partial charge in [0.15, 0.2) is 0 Å². The maximum atomic E-state index is 5.80. The molecule has 0 aromatic heterocycles. The minimum Gasteiger partial charge on any atom is -0.381 e. The Morgan fingerprint density at radius 2 is 2.56 bits per heavy atom. The lowest BCUT2D eigenvalue weighted by molar-refractivity contribution is 0.180. The van der Waals surface area contributed by atoms with Gasteiger partial charge in [-0.15, -0.1) is 0 Å². The maximum absolute atomic E-state index is 5.80. The Morgan fingerprint density at radius 1 is 1.78 bits per heavy atom. The number of rotatable bonds is 2. The molecule has 0 saturated carbocycles. The molecule has 1 aliphatic rings. The van der Waals surface area contributed by atoms with Crippen LogP contribution in [0.4, 0.5) is 0 Å². The molecule has 54 valence electrons. The molecule has 9 heavy (non-hydrogen) atoms. The van der Waals surface area contributed by atoms with E-state index in [0.717, 1.165) is 26.1 Å². The van der Waals surface area contributed by atoms with Crippen molar-refractivity contribution in [1.29, 1.82) is 0 Å². The Bertz CT molecular complexity index is 79.0. The van der Waals surface area contributed by atoms with E-state index in [9.17, 15) is 0 Å². The van der Waals surface area contributed by atoms with Crippen LogP contribution in [0.25, 0.3) is 0 Å². The second-order valence-electron chi connectivity index (χ2n) is 2.70. The minimum atomic E-state index is 0.368. The van der Waals surface area contributed by atoms with E-state index in [1.165, 1.54) is 0 Å². The van der Waals surface area contributed by atoms with Crippen LogP contribution in [0.15, 0.2) is 0 Å². The van der Waals surface area contributed by atoms with Crippen LogP contribution >= 0.6 is 0 Å².